The van der Waals surface area contributed by atoms with Crippen LogP contribution in [0.5, 0.6) is 0 Å². The zero-order valence-corrected chi connectivity index (χ0v) is 15.7. The number of likely N-dealkylation sites (tertiary alicyclic amines) is 1. The second-order valence-electron chi connectivity index (χ2n) is 6.98. The molecule has 0 aromatic heterocycles. The van der Waals surface area contributed by atoms with Gasteiger partial charge in [0, 0.05) is 6.04 Å². The van der Waals surface area contributed by atoms with E-state index in [1.165, 1.54) is 6.92 Å². The van der Waals surface area contributed by atoms with Crippen molar-refractivity contribution in [3.05, 3.63) is 12.2 Å². The zero-order valence-electron chi connectivity index (χ0n) is 15.7. The first-order valence-corrected chi connectivity index (χ1v) is 8.97. The number of hydrogen-bond acceptors (Lipinski definition) is 6. The molecular formula is C18H25N3O6. The fourth-order valence-corrected chi connectivity index (χ4v) is 3.17. The van der Waals surface area contributed by atoms with Crippen LogP contribution in [0.3, 0.4) is 0 Å². The summed E-state index contributed by atoms with van der Waals surface area (Å²) in [5.41, 5.74) is 0. The maximum atomic E-state index is 12.4. The number of nitrogens with one attached hydrogen (secondary N) is 2. The van der Waals surface area contributed by atoms with Gasteiger partial charge in [-0.3, -0.25) is 24.1 Å². The average Bonchev–Trinajstić information content (AvgIpc) is 2.88. The fraction of sp³-hybridized carbons (Fsp3) is 0.611. The molecule has 9 nitrogen and oxygen atoms in total. The molecule has 0 aromatic rings. The number of carbonyl (C=O) groups excluding carboxylic acids is 5. The van der Waals surface area contributed by atoms with Crippen LogP contribution in [0.4, 0.5) is 0 Å². The van der Waals surface area contributed by atoms with Crippen molar-refractivity contribution in [3.8, 4) is 0 Å². The topological polar surface area (TPSA) is 122 Å². The Morgan fingerprint density at radius 2 is 1.63 bits per heavy atom. The van der Waals surface area contributed by atoms with Gasteiger partial charge in [0.05, 0.1) is 18.4 Å². The van der Waals surface area contributed by atoms with Gasteiger partial charge in [0.2, 0.25) is 17.7 Å². The van der Waals surface area contributed by atoms with Crippen LogP contribution in [-0.2, 0) is 28.7 Å². The predicted octanol–water partition coefficient (Wildman–Crippen LogP) is -0.490. The van der Waals surface area contributed by atoms with E-state index in [1.807, 2.05) is 12.2 Å². The van der Waals surface area contributed by atoms with Crippen LogP contribution < -0.4 is 10.6 Å². The molecule has 4 amide bonds. The van der Waals surface area contributed by atoms with Crippen molar-refractivity contribution in [2.45, 2.75) is 45.7 Å². The van der Waals surface area contributed by atoms with Crippen LogP contribution in [0, 0.1) is 11.8 Å². The molecule has 9 heteroatoms. The maximum absolute atomic E-state index is 12.4. The van der Waals surface area contributed by atoms with E-state index in [4.69, 9.17) is 4.74 Å². The van der Waals surface area contributed by atoms with Gasteiger partial charge in [-0.25, -0.2) is 4.79 Å². The van der Waals surface area contributed by atoms with Gasteiger partial charge >= 0.3 is 5.97 Å². The number of amides is 4. The van der Waals surface area contributed by atoms with Gasteiger partial charge in [0.15, 0.2) is 6.61 Å². The average molecular weight is 379 g/mol. The summed E-state index contributed by atoms with van der Waals surface area (Å²) in [4.78, 5) is 61.1. The first-order valence-electron chi connectivity index (χ1n) is 8.97. The van der Waals surface area contributed by atoms with Gasteiger partial charge in [-0.1, -0.05) is 12.2 Å². The summed E-state index contributed by atoms with van der Waals surface area (Å²) in [6.45, 7) is 4.15. The molecule has 0 radical (unpaired) electrons. The van der Waals surface area contributed by atoms with Crippen molar-refractivity contribution in [3.63, 3.8) is 0 Å². The molecule has 1 heterocycles. The summed E-state index contributed by atoms with van der Waals surface area (Å²) in [6.07, 6.45) is 4.68. The molecule has 27 heavy (non-hydrogen) atoms. The molecule has 0 unspecified atom stereocenters. The van der Waals surface area contributed by atoms with Gasteiger partial charge in [-0.2, -0.15) is 0 Å². The molecule has 0 spiro atoms. The number of ether oxygens (including phenoxy) is 1. The molecule has 148 valence electrons. The molecule has 1 saturated heterocycles. The van der Waals surface area contributed by atoms with Gasteiger partial charge in [-0.05, 0) is 33.6 Å². The van der Waals surface area contributed by atoms with E-state index in [9.17, 15) is 24.0 Å². The lowest BCUT2D eigenvalue weighted by molar-refractivity contribution is -0.159. The van der Waals surface area contributed by atoms with E-state index in [0.29, 0.717) is 12.8 Å². The van der Waals surface area contributed by atoms with Gasteiger partial charge in [0.25, 0.3) is 5.91 Å². The lowest BCUT2D eigenvalue weighted by atomic mass is 9.85. The van der Waals surface area contributed by atoms with E-state index < -0.39 is 36.4 Å². The van der Waals surface area contributed by atoms with E-state index in [2.05, 4.69) is 10.6 Å². The summed E-state index contributed by atoms with van der Waals surface area (Å²) >= 11 is 0. The molecule has 1 aliphatic carbocycles. The fourth-order valence-electron chi connectivity index (χ4n) is 3.17. The highest BCUT2D eigenvalue weighted by atomic mass is 16.5. The summed E-state index contributed by atoms with van der Waals surface area (Å²) in [5, 5.41) is 4.93. The van der Waals surface area contributed by atoms with Crippen LogP contribution >= 0.6 is 0 Å². The largest absolute Gasteiger partial charge is 0.454 e. The van der Waals surface area contributed by atoms with Crippen molar-refractivity contribution < 1.29 is 28.7 Å². The third-order valence-electron chi connectivity index (χ3n) is 4.51. The SMILES string of the molecule is CC(C)NC(=O)CNC(=O)COC(=O)[C@H](C)N1C(=O)[C@H]2CC=CC[C@@H]2C1=O. The number of carbonyl (C=O) groups is 5. The number of fused-ring (bicyclic) bond motifs is 1. The number of rotatable bonds is 7. The van der Waals surface area contributed by atoms with E-state index in [1.54, 1.807) is 13.8 Å². The Bertz CT molecular complexity index is 646. The van der Waals surface area contributed by atoms with E-state index in [0.717, 1.165) is 4.90 Å². The Labute approximate surface area is 157 Å². The van der Waals surface area contributed by atoms with E-state index in [-0.39, 0.29) is 30.3 Å². The van der Waals surface area contributed by atoms with Crippen LogP contribution in [0.15, 0.2) is 12.2 Å². The molecule has 0 aromatic carbocycles. The molecule has 0 bridgehead atoms. The number of allylic oxidation sites excluding steroid dienone is 2. The Morgan fingerprint density at radius 3 is 2.15 bits per heavy atom. The minimum atomic E-state index is -1.10. The Kier molecular flexibility index (Phi) is 6.70. The first kappa shape index (κ1) is 20.6. The van der Waals surface area contributed by atoms with Crippen molar-refractivity contribution in [1.82, 2.24) is 15.5 Å². The lowest BCUT2D eigenvalue weighted by Gasteiger charge is -2.21. The van der Waals surface area contributed by atoms with Crippen LogP contribution in [-0.4, -0.2) is 59.7 Å². The van der Waals surface area contributed by atoms with Crippen LogP contribution in [0.1, 0.15) is 33.6 Å². The van der Waals surface area contributed by atoms with Crippen LogP contribution in [0.2, 0.25) is 0 Å². The smallest absolute Gasteiger partial charge is 0.329 e. The summed E-state index contributed by atoms with van der Waals surface area (Å²) in [6, 6.07) is -1.16. The number of nitrogens with zero attached hydrogens (tertiary/aromatic N) is 1. The third kappa shape index (κ3) is 4.93. The number of hydrogen-bond donors (Lipinski definition) is 2. The van der Waals surface area contributed by atoms with Crippen LogP contribution in [0.25, 0.3) is 0 Å². The minimum Gasteiger partial charge on any atom is -0.454 e. The Balaban J connectivity index is 1.82. The van der Waals surface area contributed by atoms with Crippen molar-refractivity contribution in [1.29, 1.82) is 0 Å². The van der Waals surface area contributed by atoms with E-state index >= 15 is 0 Å². The number of esters is 1. The second-order valence-corrected chi connectivity index (χ2v) is 6.98. The highest BCUT2D eigenvalue weighted by Gasteiger charge is 2.50. The predicted molar refractivity (Wildman–Crippen MR) is 93.9 cm³/mol. The van der Waals surface area contributed by atoms with Gasteiger partial charge < -0.3 is 15.4 Å². The Morgan fingerprint density at radius 1 is 1.07 bits per heavy atom. The molecule has 2 rings (SSSR count). The number of imide groups is 1. The highest BCUT2D eigenvalue weighted by molar-refractivity contribution is 6.08. The summed E-state index contributed by atoms with van der Waals surface area (Å²) < 4.78 is 4.90. The molecule has 3 atom stereocenters. The monoisotopic (exact) mass is 379 g/mol. The molecule has 2 N–H and O–H groups in total. The standard InChI is InChI=1S/C18H25N3O6/c1-10(2)20-14(22)8-19-15(23)9-27-18(26)11(3)21-16(24)12-6-4-5-7-13(12)17(21)25/h4-5,10-13H,6-9H2,1-3H3,(H,19,23)(H,20,22)/t11-,12-,13-/m0/s1. The summed E-state index contributed by atoms with van der Waals surface area (Å²) in [5.74, 6) is -3.47. The lowest BCUT2D eigenvalue weighted by Crippen LogP contribution is -2.45. The summed E-state index contributed by atoms with van der Waals surface area (Å²) in [7, 11) is 0. The highest BCUT2D eigenvalue weighted by Crippen LogP contribution is 2.36. The normalized spacial score (nSPS) is 22.4. The van der Waals surface area contributed by atoms with Gasteiger partial charge in [0.1, 0.15) is 6.04 Å². The molecule has 0 saturated carbocycles. The molecule has 2 aliphatic rings. The molecule has 1 aliphatic heterocycles. The van der Waals surface area contributed by atoms with Gasteiger partial charge in [-0.15, -0.1) is 0 Å². The van der Waals surface area contributed by atoms with Crippen molar-refractivity contribution >= 4 is 29.6 Å². The molecular weight excluding hydrogens is 354 g/mol. The second kappa shape index (κ2) is 8.79. The quantitative estimate of drug-likeness (QED) is 0.350. The Hall–Kier alpha value is -2.71. The van der Waals surface area contributed by atoms with Crippen molar-refractivity contribution in [2.24, 2.45) is 11.8 Å². The van der Waals surface area contributed by atoms with Crippen molar-refractivity contribution in [2.75, 3.05) is 13.2 Å². The minimum absolute atomic E-state index is 0.0532. The first-order chi connectivity index (χ1) is 12.7. The zero-order chi connectivity index (χ0) is 20.1. The maximum Gasteiger partial charge on any atom is 0.329 e. The third-order valence-corrected chi connectivity index (χ3v) is 4.51. The molecule has 1 fully saturated rings.